The number of imidazole rings is 1. The number of likely N-dealkylation sites (tertiary alicyclic amines) is 1. The van der Waals surface area contributed by atoms with Crippen LogP contribution in [0.5, 0.6) is 0 Å². The molecule has 6 nitrogen and oxygen atoms in total. The van der Waals surface area contributed by atoms with Gasteiger partial charge in [0.05, 0.1) is 16.8 Å². The van der Waals surface area contributed by atoms with Crippen molar-refractivity contribution in [3.8, 4) is 0 Å². The van der Waals surface area contributed by atoms with E-state index in [2.05, 4.69) is 27.9 Å². The number of fused-ring (bicyclic) bond motifs is 1. The van der Waals surface area contributed by atoms with Crippen LogP contribution in [-0.4, -0.2) is 51.7 Å². The summed E-state index contributed by atoms with van der Waals surface area (Å²) >= 11 is 1.46. The molecule has 0 radical (unpaired) electrons. The first-order chi connectivity index (χ1) is 12.2. The summed E-state index contributed by atoms with van der Waals surface area (Å²) in [6, 6.07) is 8.02. The summed E-state index contributed by atoms with van der Waals surface area (Å²) in [5, 5.41) is 3.80. The van der Waals surface area contributed by atoms with Crippen LogP contribution in [0.15, 0.2) is 29.4 Å². The van der Waals surface area contributed by atoms with E-state index in [0.717, 1.165) is 48.7 Å². The van der Waals surface area contributed by atoms with Crippen molar-refractivity contribution in [2.24, 2.45) is 0 Å². The Balaban J connectivity index is 1.44. The first-order valence-corrected chi connectivity index (χ1v) is 9.80. The smallest absolute Gasteiger partial charge is 0.230 e. The second-order valence-electron chi connectivity index (χ2n) is 6.10. The van der Waals surface area contributed by atoms with Gasteiger partial charge >= 0.3 is 0 Å². The first-order valence-electron chi connectivity index (χ1n) is 8.81. The van der Waals surface area contributed by atoms with E-state index < -0.39 is 0 Å². The van der Waals surface area contributed by atoms with Crippen molar-refractivity contribution in [2.75, 3.05) is 25.4 Å². The largest absolute Gasteiger partial charge is 0.355 e. The molecule has 2 heterocycles. The Morgan fingerprint density at radius 3 is 2.96 bits per heavy atom. The third kappa shape index (κ3) is 4.34. The number of benzene rings is 1. The summed E-state index contributed by atoms with van der Waals surface area (Å²) in [5.74, 6) is 0.596. The van der Waals surface area contributed by atoms with E-state index in [9.17, 15) is 9.59 Å². The average molecular weight is 360 g/mol. The van der Waals surface area contributed by atoms with Crippen molar-refractivity contribution in [3.05, 3.63) is 24.3 Å². The second-order valence-corrected chi connectivity index (χ2v) is 7.05. The van der Waals surface area contributed by atoms with Crippen molar-refractivity contribution < 1.29 is 9.59 Å². The average Bonchev–Trinajstić information content (AvgIpc) is 3.19. The Labute approximate surface area is 152 Å². The molecule has 134 valence electrons. The molecular weight excluding hydrogens is 336 g/mol. The Morgan fingerprint density at radius 1 is 1.36 bits per heavy atom. The number of carbonyl (C=O) groups is 2. The molecule has 0 atom stereocenters. The second kappa shape index (κ2) is 8.38. The number of hydrogen-bond acceptors (Lipinski definition) is 4. The van der Waals surface area contributed by atoms with Crippen molar-refractivity contribution in [1.29, 1.82) is 0 Å². The van der Waals surface area contributed by atoms with Crippen molar-refractivity contribution in [2.45, 2.75) is 37.9 Å². The van der Waals surface area contributed by atoms with Crippen LogP contribution in [0.1, 0.15) is 26.2 Å². The number of rotatable bonds is 8. The molecule has 1 aliphatic rings. The van der Waals surface area contributed by atoms with E-state index in [4.69, 9.17) is 0 Å². The van der Waals surface area contributed by atoms with E-state index in [-0.39, 0.29) is 11.8 Å². The molecule has 1 aromatic heterocycles. The fraction of sp³-hybridized carbons (Fsp3) is 0.500. The number of hydrogen-bond donors (Lipinski definition) is 1. The number of carbonyl (C=O) groups excluding carboxylic acids is 2. The Bertz CT molecular complexity index is 759. The maximum Gasteiger partial charge on any atom is 0.230 e. The van der Waals surface area contributed by atoms with E-state index in [1.165, 1.54) is 11.8 Å². The number of nitrogens with zero attached hydrogens (tertiary/aromatic N) is 3. The lowest BCUT2D eigenvalue weighted by molar-refractivity contribution is -0.127. The third-order valence-electron chi connectivity index (χ3n) is 4.37. The quantitative estimate of drug-likeness (QED) is 0.579. The molecule has 1 saturated heterocycles. The molecule has 0 saturated carbocycles. The summed E-state index contributed by atoms with van der Waals surface area (Å²) in [6.45, 7) is 5.10. The predicted octanol–water partition coefficient (Wildman–Crippen LogP) is 2.28. The molecule has 3 rings (SSSR count). The molecule has 0 spiro atoms. The van der Waals surface area contributed by atoms with Crippen LogP contribution < -0.4 is 5.32 Å². The Hall–Kier alpha value is -2.02. The number of aromatic nitrogens is 2. The summed E-state index contributed by atoms with van der Waals surface area (Å²) < 4.78 is 2.13. The van der Waals surface area contributed by atoms with Gasteiger partial charge in [0.25, 0.3) is 0 Å². The molecule has 1 aliphatic heterocycles. The SMILES string of the molecule is CCn1c(SCC(=O)NCCCN2CCCC2=O)nc2ccccc21. The van der Waals surface area contributed by atoms with Gasteiger partial charge in [0, 0.05) is 32.6 Å². The number of para-hydroxylation sites is 2. The molecule has 1 fully saturated rings. The van der Waals surface area contributed by atoms with Gasteiger partial charge in [-0.3, -0.25) is 9.59 Å². The lowest BCUT2D eigenvalue weighted by Gasteiger charge is -2.15. The fourth-order valence-electron chi connectivity index (χ4n) is 3.09. The monoisotopic (exact) mass is 360 g/mol. The minimum atomic E-state index is 0.00691. The molecule has 0 unspecified atom stereocenters. The molecule has 1 N–H and O–H groups in total. The summed E-state index contributed by atoms with van der Waals surface area (Å²) in [4.78, 5) is 30.1. The van der Waals surface area contributed by atoms with Crippen molar-refractivity contribution in [3.63, 3.8) is 0 Å². The minimum absolute atomic E-state index is 0.00691. The molecular formula is C18H24N4O2S. The topological polar surface area (TPSA) is 67.2 Å². The van der Waals surface area contributed by atoms with Gasteiger partial charge in [0.1, 0.15) is 0 Å². The Morgan fingerprint density at radius 2 is 2.20 bits per heavy atom. The highest BCUT2D eigenvalue weighted by atomic mass is 32.2. The maximum absolute atomic E-state index is 12.0. The van der Waals surface area contributed by atoms with Crippen LogP contribution in [0, 0.1) is 0 Å². The van der Waals surface area contributed by atoms with Crippen LogP contribution in [-0.2, 0) is 16.1 Å². The van der Waals surface area contributed by atoms with Crippen molar-refractivity contribution >= 4 is 34.6 Å². The van der Waals surface area contributed by atoms with Gasteiger partial charge in [-0.15, -0.1) is 0 Å². The van der Waals surface area contributed by atoms with E-state index in [0.29, 0.717) is 18.7 Å². The highest BCUT2D eigenvalue weighted by molar-refractivity contribution is 7.99. The number of nitrogens with one attached hydrogen (secondary N) is 1. The molecule has 25 heavy (non-hydrogen) atoms. The van der Waals surface area contributed by atoms with Gasteiger partial charge in [-0.25, -0.2) is 4.98 Å². The van der Waals surface area contributed by atoms with Crippen LogP contribution >= 0.6 is 11.8 Å². The van der Waals surface area contributed by atoms with E-state index in [1.807, 2.05) is 23.1 Å². The molecule has 2 amide bonds. The van der Waals surface area contributed by atoms with Gasteiger partial charge in [0.15, 0.2) is 5.16 Å². The van der Waals surface area contributed by atoms with Crippen LogP contribution in [0.4, 0.5) is 0 Å². The van der Waals surface area contributed by atoms with Gasteiger partial charge in [-0.2, -0.15) is 0 Å². The molecule has 0 aliphatic carbocycles. The van der Waals surface area contributed by atoms with E-state index in [1.54, 1.807) is 0 Å². The van der Waals surface area contributed by atoms with Gasteiger partial charge in [0.2, 0.25) is 11.8 Å². The normalized spacial score (nSPS) is 14.4. The number of thioether (sulfide) groups is 1. The summed E-state index contributed by atoms with van der Waals surface area (Å²) in [6.07, 6.45) is 2.43. The zero-order valence-electron chi connectivity index (χ0n) is 14.5. The molecule has 2 aromatic rings. The zero-order chi connectivity index (χ0) is 17.6. The van der Waals surface area contributed by atoms with Crippen LogP contribution in [0.2, 0.25) is 0 Å². The summed E-state index contributed by atoms with van der Waals surface area (Å²) in [7, 11) is 0. The van der Waals surface area contributed by atoms with Crippen LogP contribution in [0.25, 0.3) is 11.0 Å². The standard InChI is InChI=1S/C18H24N4O2S/c1-2-22-15-8-4-3-7-14(15)20-18(22)25-13-16(23)19-10-6-12-21-11-5-9-17(21)24/h3-4,7-8H,2,5-6,9-13H2,1H3,(H,19,23). The van der Waals surface area contributed by atoms with Crippen molar-refractivity contribution in [1.82, 2.24) is 19.8 Å². The lowest BCUT2D eigenvalue weighted by Crippen LogP contribution is -2.31. The summed E-state index contributed by atoms with van der Waals surface area (Å²) in [5.41, 5.74) is 2.06. The lowest BCUT2D eigenvalue weighted by atomic mass is 10.3. The van der Waals surface area contributed by atoms with Gasteiger partial charge in [-0.05, 0) is 31.9 Å². The Kier molecular flexibility index (Phi) is 5.96. The molecule has 0 bridgehead atoms. The zero-order valence-corrected chi connectivity index (χ0v) is 15.3. The predicted molar refractivity (Wildman–Crippen MR) is 99.6 cm³/mol. The first kappa shape index (κ1) is 17.8. The van der Waals surface area contributed by atoms with Crippen LogP contribution in [0.3, 0.4) is 0 Å². The maximum atomic E-state index is 12.0. The van der Waals surface area contributed by atoms with Gasteiger partial charge < -0.3 is 14.8 Å². The highest BCUT2D eigenvalue weighted by Crippen LogP contribution is 2.23. The minimum Gasteiger partial charge on any atom is -0.355 e. The fourth-order valence-corrected chi connectivity index (χ4v) is 4.00. The highest BCUT2D eigenvalue weighted by Gasteiger charge is 2.19. The molecule has 7 heteroatoms. The van der Waals surface area contributed by atoms with E-state index >= 15 is 0 Å². The number of aryl methyl sites for hydroxylation is 1. The molecule has 1 aromatic carbocycles. The third-order valence-corrected chi connectivity index (χ3v) is 5.34. The van der Waals surface area contributed by atoms with Gasteiger partial charge in [-0.1, -0.05) is 23.9 Å². The number of amides is 2.